The van der Waals surface area contributed by atoms with Crippen LogP contribution in [-0.2, 0) is 22.3 Å². The van der Waals surface area contributed by atoms with Crippen molar-refractivity contribution in [1.82, 2.24) is 0 Å². The Balaban J connectivity index is 1.30. The second-order valence-electron chi connectivity index (χ2n) is 7.32. The highest BCUT2D eigenvalue weighted by Gasteiger charge is 2.19. The first-order chi connectivity index (χ1) is 13.3. The van der Waals surface area contributed by atoms with Crippen LogP contribution in [0.25, 0.3) is 0 Å². The molecule has 0 saturated heterocycles. The van der Waals surface area contributed by atoms with Gasteiger partial charge in [0.15, 0.2) is 0 Å². The summed E-state index contributed by atoms with van der Waals surface area (Å²) in [7, 11) is 0. The molecular formula is C24H30O3. The average molecular weight is 367 g/mol. The van der Waals surface area contributed by atoms with Gasteiger partial charge in [0.25, 0.3) is 0 Å². The van der Waals surface area contributed by atoms with Crippen LogP contribution in [0.1, 0.15) is 61.1 Å². The maximum Gasteiger partial charge on any atom is 0.508 e. The average Bonchev–Trinajstić information content (AvgIpc) is 3.24. The van der Waals surface area contributed by atoms with Crippen molar-refractivity contribution in [3.63, 3.8) is 0 Å². The van der Waals surface area contributed by atoms with E-state index in [0.717, 1.165) is 31.6 Å². The van der Waals surface area contributed by atoms with Crippen LogP contribution in [0.2, 0.25) is 0 Å². The topological polar surface area (TPSA) is 35.5 Å². The SMILES string of the molecule is O=C(OCCCc1ccccc1)OCCCc1ccccc1C1CCCC1. The zero-order valence-electron chi connectivity index (χ0n) is 16.1. The minimum atomic E-state index is -0.549. The van der Waals surface area contributed by atoms with Gasteiger partial charge in [-0.3, -0.25) is 0 Å². The van der Waals surface area contributed by atoms with Gasteiger partial charge in [-0.1, -0.05) is 67.4 Å². The van der Waals surface area contributed by atoms with Crippen molar-refractivity contribution in [1.29, 1.82) is 0 Å². The van der Waals surface area contributed by atoms with E-state index in [1.165, 1.54) is 42.4 Å². The first-order valence-corrected chi connectivity index (χ1v) is 10.2. The number of aryl methyl sites for hydroxylation is 2. The maximum absolute atomic E-state index is 11.7. The second-order valence-corrected chi connectivity index (χ2v) is 7.32. The summed E-state index contributed by atoms with van der Waals surface area (Å²) < 4.78 is 10.4. The van der Waals surface area contributed by atoms with Crippen molar-refractivity contribution in [2.75, 3.05) is 13.2 Å². The van der Waals surface area contributed by atoms with E-state index in [0.29, 0.717) is 13.2 Å². The molecule has 144 valence electrons. The molecule has 0 heterocycles. The lowest BCUT2D eigenvalue weighted by molar-refractivity contribution is 0.0539. The summed E-state index contributed by atoms with van der Waals surface area (Å²) in [6.07, 6.45) is 8.27. The molecule has 0 aliphatic heterocycles. The molecule has 3 nitrogen and oxygen atoms in total. The lowest BCUT2D eigenvalue weighted by Gasteiger charge is -2.15. The number of hydrogen-bond acceptors (Lipinski definition) is 3. The Labute approximate surface area is 162 Å². The molecule has 0 unspecified atom stereocenters. The molecule has 1 fully saturated rings. The van der Waals surface area contributed by atoms with E-state index in [9.17, 15) is 4.79 Å². The lowest BCUT2D eigenvalue weighted by atomic mass is 9.91. The van der Waals surface area contributed by atoms with Crippen molar-refractivity contribution in [3.8, 4) is 0 Å². The van der Waals surface area contributed by atoms with Crippen molar-refractivity contribution in [2.45, 2.75) is 57.3 Å². The summed E-state index contributed by atoms with van der Waals surface area (Å²) >= 11 is 0. The monoisotopic (exact) mass is 366 g/mol. The Morgan fingerprint density at radius 3 is 2.19 bits per heavy atom. The molecule has 0 spiro atoms. The molecule has 1 aliphatic carbocycles. The van der Waals surface area contributed by atoms with E-state index >= 15 is 0 Å². The molecule has 0 atom stereocenters. The van der Waals surface area contributed by atoms with Crippen LogP contribution in [0.4, 0.5) is 4.79 Å². The molecule has 0 N–H and O–H groups in total. The van der Waals surface area contributed by atoms with Crippen molar-refractivity contribution < 1.29 is 14.3 Å². The number of ether oxygens (including phenoxy) is 2. The minimum absolute atomic E-state index is 0.401. The van der Waals surface area contributed by atoms with Gasteiger partial charge in [0.2, 0.25) is 0 Å². The van der Waals surface area contributed by atoms with E-state index in [1.807, 2.05) is 18.2 Å². The molecule has 0 radical (unpaired) electrons. The summed E-state index contributed by atoms with van der Waals surface area (Å²) in [6, 6.07) is 19.0. The van der Waals surface area contributed by atoms with Crippen molar-refractivity contribution in [2.24, 2.45) is 0 Å². The third-order valence-electron chi connectivity index (χ3n) is 5.33. The zero-order chi connectivity index (χ0) is 18.7. The molecule has 2 aromatic rings. The van der Waals surface area contributed by atoms with Gasteiger partial charge < -0.3 is 9.47 Å². The van der Waals surface area contributed by atoms with Crippen LogP contribution in [-0.4, -0.2) is 19.4 Å². The van der Waals surface area contributed by atoms with E-state index in [2.05, 4.69) is 36.4 Å². The van der Waals surface area contributed by atoms with E-state index in [1.54, 1.807) is 0 Å². The van der Waals surface area contributed by atoms with Gasteiger partial charge in [-0.25, -0.2) is 4.79 Å². The molecule has 1 aliphatic rings. The zero-order valence-corrected chi connectivity index (χ0v) is 16.1. The van der Waals surface area contributed by atoms with E-state index in [-0.39, 0.29) is 0 Å². The molecule has 2 aromatic carbocycles. The van der Waals surface area contributed by atoms with Gasteiger partial charge in [0.05, 0.1) is 13.2 Å². The van der Waals surface area contributed by atoms with Gasteiger partial charge in [-0.05, 0) is 61.1 Å². The van der Waals surface area contributed by atoms with Crippen LogP contribution >= 0.6 is 0 Å². The standard InChI is InChI=1S/C24H30O3/c25-24(26-18-8-12-20-10-2-1-3-11-20)27-19-9-16-22-15-6-7-17-23(22)21-13-4-5-14-21/h1-3,6-7,10-11,15,17,21H,4-5,8-9,12-14,16,18-19H2. The van der Waals surface area contributed by atoms with Crippen LogP contribution in [0.3, 0.4) is 0 Å². The molecule has 3 rings (SSSR count). The fourth-order valence-electron chi connectivity index (χ4n) is 3.93. The summed E-state index contributed by atoms with van der Waals surface area (Å²) in [4.78, 5) is 11.7. The quantitative estimate of drug-likeness (QED) is 0.399. The molecular weight excluding hydrogens is 336 g/mol. The number of benzene rings is 2. The lowest BCUT2D eigenvalue weighted by Crippen LogP contribution is -2.10. The Kier molecular flexibility index (Phi) is 7.76. The number of carbonyl (C=O) groups is 1. The Morgan fingerprint density at radius 2 is 1.44 bits per heavy atom. The smallest absolute Gasteiger partial charge is 0.434 e. The van der Waals surface area contributed by atoms with Crippen LogP contribution in [0.15, 0.2) is 54.6 Å². The third-order valence-corrected chi connectivity index (χ3v) is 5.33. The normalized spacial score (nSPS) is 14.2. The molecule has 0 bridgehead atoms. The van der Waals surface area contributed by atoms with Gasteiger partial charge in [0, 0.05) is 0 Å². The van der Waals surface area contributed by atoms with E-state index in [4.69, 9.17) is 9.47 Å². The maximum atomic E-state index is 11.7. The van der Waals surface area contributed by atoms with Crippen LogP contribution in [0, 0.1) is 0 Å². The van der Waals surface area contributed by atoms with Gasteiger partial charge in [-0.15, -0.1) is 0 Å². The van der Waals surface area contributed by atoms with Gasteiger partial charge in [-0.2, -0.15) is 0 Å². The Hall–Kier alpha value is -2.29. The predicted octanol–water partition coefficient (Wildman–Crippen LogP) is 6.06. The highest BCUT2D eigenvalue weighted by molar-refractivity contribution is 5.59. The molecule has 3 heteroatoms. The van der Waals surface area contributed by atoms with Crippen molar-refractivity contribution in [3.05, 3.63) is 71.3 Å². The largest absolute Gasteiger partial charge is 0.508 e. The van der Waals surface area contributed by atoms with Crippen LogP contribution < -0.4 is 0 Å². The highest BCUT2D eigenvalue weighted by Crippen LogP contribution is 2.36. The first-order valence-electron chi connectivity index (χ1n) is 10.2. The fraction of sp³-hybridized carbons (Fsp3) is 0.458. The third kappa shape index (κ3) is 6.42. The fourth-order valence-corrected chi connectivity index (χ4v) is 3.93. The van der Waals surface area contributed by atoms with Gasteiger partial charge >= 0.3 is 6.16 Å². The van der Waals surface area contributed by atoms with Crippen LogP contribution in [0.5, 0.6) is 0 Å². The summed E-state index contributed by atoms with van der Waals surface area (Å²) in [6.45, 7) is 0.814. The summed E-state index contributed by atoms with van der Waals surface area (Å²) in [5.74, 6) is 0.719. The Bertz CT molecular complexity index is 690. The number of hydrogen-bond donors (Lipinski definition) is 0. The summed E-state index contributed by atoms with van der Waals surface area (Å²) in [5.41, 5.74) is 4.16. The Morgan fingerprint density at radius 1 is 0.815 bits per heavy atom. The second kappa shape index (κ2) is 10.8. The highest BCUT2D eigenvalue weighted by atomic mass is 16.7. The number of rotatable bonds is 9. The molecule has 0 amide bonds. The summed E-state index contributed by atoms with van der Waals surface area (Å²) in [5, 5.41) is 0. The number of carbonyl (C=O) groups excluding carboxylic acids is 1. The molecule has 1 saturated carbocycles. The minimum Gasteiger partial charge on any atom is -0.434 e. The molecule has 27 heavy (non-hydrogen) atoms. The predicted molar refractivity (Wildman–Crippen MR) is 108 cm³/mol. The van der Waals surface area contributed by atoms with E-state index < -0.39 is 6.16 Å². The first kappa shape index (κ1) is 19.5. The molecule has 0 aromatic heterocycles. The van der Waals surface area contributed by atoms with Crippen molar-refractivity contribution >= 4 is 6.16 Å². The van der Waals surface area contributed by atoms with Gasteiger partial charge in [0.1, 0.15) is 0 Å².